The number of nitrogens with one attached hydrogen (secondary N) is 1. The largest absolute Gasteiger partial charge is 0.340 e. The zero-order valence-corrected chi connectivity index (χ0v) is 11.3. The highest BCUT2D eigenvalue weighted by molar-refractivity contribution is 6.28. The Hall–Kier alpha value is -1.61. The Morgan fingerprint density at radius 2 is 2.06 bits per heavy atom. The Kier molecular flexibility index (Phi) is 4.15. The molecular formula is C14H16ClN3. The zero-order chi connectivity index (χ0) is 13.0. The van der Waals surface area contributed by atoms with Crippen LogP contribution in [0.4, 0.5) is 11.5 Å². The van der Waals surface area contributed by atoms with Crippen molar-refractivity contribution in [1.29, 1.82) is 0 Å². The van der Waals surface area contributed by atoms with Crippen LogP contribution in [0.3, 0.4) is 0 Å². The smallest absolute Gasteiger partial charge is 0.224 e. The number of halogens is 1. The molecule has 3 nitrogen and oxygen atoms in total. The molecule has 0 aliphatic rings. The Balaban J connectivity index is 2.30. The van der Waals surface area contributed by atoms with Crippen molar-refractivity contribution in [2.45, 2.75) is 26.7 Å². The zero-order valence-electron chi connectivity index (χ0n) is 10.6. The molecule has 18 heavy (non-hydrogen) atoms. The minimum atomic E-state index is 0.260. The molecule has 0 saturated heterocycles. The lowest BCUT2D eigenvalue weighted by molar-refractivity contribution is 0.923. The molecule has 0 saturated carbocycles. The number of anilines is 2. The number of para-hydroxylation sites is 1. The average Bonchev–Trinajstić information content (AvgIpc) is 2.36. The summed E-state index contributed by atoms with van der Waals surface area (Å²) in [6, 6.07) is 8.25. The summed E-state index contributed by atoms with van der Waals surface area (Å²) in [4.78, 5) is 8.17. The summed E-state index contributed by atoms with van der Waals surface area (Å²) in [6.07, 6.45) is 3.88. The second kappa shape index (κ2) is 5.83. The van der Waals surface area contributed by atoms with Crippen LogP contribution >= 0.6 is 11.6 Å². The van der Waals surface area contributed by atoms with Crippen LogP contribution in [-0.2, 0) is 6.42 Å². The third-order valence-electron chi connectivity index (χ3n) is 2.73. The first-order valence-corrected chi connectivity index (χ1v) is 6.42. The third kappa shape index (κ3) is 2.99. The molecule has 1 heterocycles. The van der Waals surface area contributed by atoms with Crippen molar-refractivity contribution in [3.8, 4) is 0 Å². The molecular weight excluding hydrogens is 246 g/mol. The minimum Gasteiger partial charge on any atom is -0.340 e. The first kappa shape index (κ1) is 12.8. The van der Waals surface area contributed by atoms with Crippen LogP contribution < -0.4 is 5.32 Å². The van der Waals surface area contributed by atoms with Crippen molar-refractivity contribution in [2.75, 3.05) is 5.32 Å². The van der Waals surface area contributed by atoms with Gasteiger partial charge < -0.3 is 5.32 Å². The van der Waals surface area contributed by atoms with Gasteiger partial charge in [0.25, 0.3) is 0 Å². The number of hydrogen-bond donors (Lipinski definition) is 1. The maximum Gasteiger partial charge on any atom is 0.224 e. The van der Waals surface area contributed by atoms with Gasteiger partial charge in [0.15, 0.2) is 0 Å². The van der Waals surface area contributed by atoms with E-state index in [1.165, 1.54) is 5.56 Å². The molecule has 1 N–H and O–H groups in total. The molecule has 0 atom stereocenters. The van der Waals surface area contributed by atoms with E-state index in [1.807, 2.05) is 13.0 Å². The predicted octanol–water partition coefficient (Wildman–Crippen LogP) is 4.13. The molecule has 0 bridgehead atoms. The molecule has 1 aromatic heterocycles. The van der Waals surface area contributed by atoms with Gasteiger partial charge in [0.05, 0.1) is 0 Å². The number of benzene rings is 1. The number of nitrogens with zero attached hydrogens (tertiary/aromatic N) is 2. The fourth-order valence-corrected chi connectivity index (χ4v) is 1.94. The summed E-state index contributed by atoms with van der Waals surface area (Å²) < 4.78 is 0. The second-order valence-corrected chi connectivity index (χ2v) is 4.54. The van der Waals surface area contributed by atoms with E-state index in [0.29, 0.717) is 0 Å². The van der Waals surface area contributed by atoms with Crippen LogP contribution in [0.1, 0.15) is 24.5 Å². The van der Waals surface area contributed by atoms with Gasteiger partial charge in [-0.05, 0) is 36.6 Å². The van der Waals surface area contributed by atoms with E-state index in [4.69, 9.17) is 11.6 Å². The maximum atomic E-state index is 5.82. The molecule has 0 spiro atoms. The monoisotopic (exact) mass is 261 g/mol. The van der Waals surface area contributed by atoms with Crippen molar-refractivity contribution in [3.63, 3.8) is 0 Å². The lowest BCUT2D eigenvalue weighted by atomic mass is 10.1. The van der Waals surface area contributed by atoms with Crippen LogP contribution in [0.25, 0.3) is 0 Å². The van der Waals surface area contributed by atoms with Gasteiger partial charge >= 0.3 is 0 Å². The molecule has 1 aromatic carbocycles. The van der Waals surface area contributed by atoms with E-state index in [0.717, 1.165) is 29.9 Å². The average molecular weight is 262 g/mol. The van der Waals surface area contributed by atoms with Crippen LogP contribution in [-0.4, -0.2) is 9.97 Å². The highest BCUT2D eigenvalue weighted by Gasteiger charge is 2.05. The molecule has 0 amide bonds. The Labute approximate surface area is 112 Å². The van der Waals surface area contributed by atoms with Crippen molar-refractivity contribution in [3.05, 3.63) is 46.9 Å². The molecule has 0 fully saturated rings. The first-order chi connectivity index (χ1) is 8.70. The van der Waals surface area contributed by atoms with E-state index in [9.17, 15) is 0 Å². The predicted molar refractivity (Wildman–Crippen MR) is 75.5 cm³/mol. The molecule has 0 aliphatic heterocycles. The Bertz CT molecular complexity index is 540. The van der Waals surface area contributed by atoms with Crippen molar-refractivity contribution in [2.24, 2.45) is 0 Å². The highest BCUT2D eigenvalue weighted by atomic mass is 35.5. The van der Waals surface area contributed by atoms with Crippen molar-refractivity contribution in [1.82, 2.24) is 9.97 Å². The topological polar surface area (TPSA) is 37.8 Å². The number of aryl methyl sites for hydroxylation is 2. The van der Waals surface area contributed by atoms with Crippen molar-refractivity contribution >= 4 is 23.1 Å². The molecule has 2 rings (SSSR count). The van der Waals surface area contributed by atoms with Crippen LogP contribution in [0.5, 0.6) is 0 Å². The summed E-state index contributed by atoms with van der Waals surface area (Å²) in [5.41, 5.74) is 3.34. The standard InChI is InChI=1S/C14H16ClN3/c1-3-6-11-7-4-5-8-12(11)17-13-10(2)9-16-14(15)18-13/h4-5,7-9H,3,6H2,1-2H3,(H,16,17,18). The summed E-state index contributed by atoms with van der Waals surface area (Å²) in [5.74, 6) is 0.763. The molecule has 0 aliphatic carbocycles. The second-order valence-electron chi connectivity index (χ2n) is 4.20. The SMILES string of the molecule is CCCc1ccccc1Nc1nc(Cl)ncc1C. The maximum absolute atomic E-state index is 5.82. The fourth-order valence-electron chi connectivity index (χ4n) is 1.80. The summed E-state index contributed by atoms with van der Waals surface area (Å²) in [5, 5.41) is 3.59. The lowest BCUT2D eigenvalue weighted by Gasteiger charge is -2.12. The van der Waals surface area contributed by atoms with Gasteiger partial charge in [0.2, 0.25) is 5.28 Å². The molecule has 0 radical (unpaired) electrons. The van der Waals surface area contributed by atoms with Crippen LogP contribution in [0, 0.1) is 6.92 Å². The third-order valence-corrected chi connectivity index (χ3v) is 2.91. The number of hydrogen-bond acceptors (Lipinski definition) is 3. The van der Waals surface area contributed by atoms with Gasteiger partial charge in [0, 0.05) is 17.4 Å². The summed E-state index contributed by atoms with van der Waals surface area (Å²) >= 11 is 5.82. The fraction of sp³-hybridized carbons (Fsp3) is 0.286. The van der Waals surface area contributed by atoms with Gasteiger partial charge in [-0.25, -0.2) is 9.97 Å². The molecule has 2 aromatic rings. The van der Waals surface area contributed by atoms with E-state index in [2.05, 4.69) is 40.4 Å². The highest BCUT2D eigenvalue weighted by Crippen LogP contribution is 2.23. The quantitative estimate of drug-likeness (QED) is 0.841. The number of aromatic nitrogens is 2. The van der Waals surface area contributed by atoms with Gasteiger partial charge in [-0.15, -0.1) is 0 Å². The van der Waals surface area contributed by atoms with Gasteiger partial charge in [0.1, 0.15) is 5.82 Å². The van der Waals surface area contributed by atoms with Gasteiger partial charge in [-0.2, -0.15) is 0 Å². The van der Waals surface area contributed by atoms with E-state index in [-0.39, 0.29) is 5.28 Å². The lowest BCUT2D eigenvalue weighted by Crippen LogP contribution is -2.01. The van der Waals surface area contributed by atoms with Crippen LogP contribution in [0.2, 0.25) is 5.28 Å². The first-order valence-electron chi connectivity index (χ1n) is 6.04. The summed E-state index contributed by atoms with van der Waals surface area (Å²) in [7, 11) is 0. The Morgan fingerprint density at radius 3 is 2.83 bits per heavy atom. The molecule has 4 heteroatoms. The number of rotatable bonds is 4. The van der Waals surface area contributed by atoms with Gasteiger partial charge in [-0.1, -0.05) is 31.5 Å². The normalized spacial score (nSPS) is 10.4. The molecule has 94 valence electrons. The summed E-state index contributed by atoms with van der Waals surface area (Å²) in [6.45, 7) is 4.13. The van der Waals surface area contributed by atoms with Crippen molar-refractivity contribution < 1.29 is 0 Å². The molecule has 0 unspecified atom stereocenters. The van der Waals surface area contributed by atoms with E-state index >= 15 is 0 Å². The van der Waals surface area contributed by atoms with Crippen LogP contribution in [0.15, 0.2) is 30.5 Å². The van der Waals surface area contributed by atoms with E-state index in [1.54, 1.807) is 6.20 Å². The minimum absolute atomic E-state index is 0.260. The van der Waals surface area contributed by atoms with E-state index < -0.39 is 0 Å². The Morgan fingerprint density at radius 1 is 1.28 bits per heavy atom. The van der Waals surface area contributed by atoms with Gasteiger partial charge in [-0.3, -0.25) is 0 Å².